The summed E-state index contributed by atoms with van der Waals surface area (Å²) in [7, 11) is 1.30. The fourth-order valence-electron chi connectivity index (χ4n) is 3.42. The minimum absolute atomic E-state index is 0.238. The third-order valence-corrected chi connectivity index (χ3v) is 4.46. The van der Waals surface area contributed by atoms with E-state index in [-0.39, 0.29) is 24.0 Å². The molecular weight excluding hydrogens is 286 g/mol. The molecule has 3 heterocycles. The standard InChI is InChI=1S/C16H13NO5/c1-21-16(20)8-2-4-9(5-3-8)17-14(18)12-10-6-7-11(22-10)13(12)15(17)19/h2-7,10-13H,1H3/t10-,11-,12-,13-/m0/s1. The lowest BCUT2D eigenvalue weighted by molar-refractivity contribution is -0.124. The van der Waals surface area contributed by atoms with Crippen LogP contribution in [0.25, 0.3) is 0 Å². The van der Waals surface area contributed by atoms with Crippen LogP contribution in [0.3, 0.4) is 0 Å². The summed E-state index contributed by atoms with van der Waals surface area (Å²) in [5.41, 5.74) is 0.840. The van der Waals surface area contributed by atoms with Crippen molar-refractivity contribution in [3.8, 4) is 0 Å². The maximum Gasteiger partial charge on any atom is 0.337 e. The smallest absolute Gasteiger partial charge is 0.337 e. The number of ether oxygens (including phenoxy) is 2. The minimum Gasteiger partial charge on any atom is -0.465 e. The van der Waals surface area contributed by atoms with Crippen LogP contribution in [0.5, 0.6) is 0 Å². The van der Waals surface area contributed by atoms with Gasteiger partial charge in [-0.25, -0.2) is 9.69 Å². The van der Waals surface area contributed by atoms with E-state index in [4.69, 9.17) is 4.74 Å². The number of rotatable bonds is 2. The molecule has 0 spiro atoms. The second-order valence-corrected chi connectivity index (χ2v) is 5.55. The van der Waals surface area contributed by atoms with Crippen molar-refractivity contribution in [3.63, 3.8) is 0 Å². The zero-order valence-corrected chi connectivity index (χ0v) is 11.8. The molecule has 0 N–H and O–H groups in total. The number of esters is 1. The molecule has 3 aliphatic heterocycles. The highest BCUT2D eigenvalue weighted by molar-refractivity contribution is 6.23. The molecule has 22 heavy (non-hydrogen) atoms. The lowest BCUT2D eigenvalue weighted by atomic mass is 9.85. The molecule has 2 saturated heterocycles. The van der Waals surface area contributed by atoms with Crippen LogP contribution in [0.2, 0.25) is 0 Å². The van der Waals surface area contributed by atoms with Gasteiger partial charge in [0.2, 0.25) is 11.8 Å². The topological polar surface area (TPSA) is 72.9 Å². The normalized spacial score (nSPS) is 31.8. The number of hydrogen-bond donors (Lipinski definition) is 0. The van der Waals surface area contributed by atoms with Crippen molar-refractivity contribution in [3.05, 3.63) is 42.0 Å². The lowest BCUT2D eigenvalue weighted by Gasteiger charge is -2.17. The molecule has 2 fully saturated rings. The van der Waals surface area contributed by atoms with Gasteiger partial charge in [-0.1, -0.05) is 12.2 Å². The molecule has 6 heteroatoms. The first-order chi connectivity index (χ1) is 10.6. The van der Waals surface area contributed by atoms with Crippen molar-refractivity contribution in [2.75, 3.05) is 12.0 Å². The van der Waals surface area contributed by atoms with Crippen molar-refractivity contribution < 1.29 is 23.9 Å². The van der Waals surface area contributed by atoms with Crippen molar-refractivity contribution in [1.82, 2.24) is 0 Å². The van der Waals surface area contributed by atoms with Gasteiger partial charge >= 0.3 is 5.97 Å². The Hall–Kier alpha value is -2.47. The summed E-state index contributed by atoms with van der Waals surface area (Å²) in [6.07, 6.45) is 3.10. The van der Waals surface area contributed by atoms with E-state index >= 15 is 0 Å². The largest absolute Gasteiger partial charge is 0.465 e. The Morgan fingerprint density at radius 2 is 1.59 bits per heavy atom. The first kappa shape index (κ1) is 13.2. The molecule has 0 saturated carbocycles. The first-order valence-corrected chi connectivity index (χ1v) is 7.02. The Bertz CT molecular complexity index is 678. The molecule has 4 atom stereocenters. The number of nitrogens with zero attached hydrogens (tertiary/aromatic N) is 1. The number of imide groups is 1. The van der Waals surface area contributed by atoms with Gasteiger partial charge in [0.1, 0.15) is 0 Å². The monoisotopic (exact) mass is 299 g/mol. The molecule has 112 valence electrons. The number of methoxy groups -OCH3 is 1. The quantitative estimate of drug-likeness (QED) is 0.461. The number of carbonyl (C=O) groups excluding carboxylic acids is 3. The Morgan fingerprint density at radius 1 is 1.05 bits per heavy atom. The van der Waals surface area contributed by atoms with Gasteiger partial charge in [0.15, 0.2) is 0 Å². The SMILES string of the molecule is COC(=O)c1ccc(N2C(=O)[C@@H]3[C@@H](C2=O)[C@@H]2C=C[C@@H]3O2)cc1. The van der Waals surface area contributed by atoms with Crippen LogP contribution in [0, 0.1) is 11.8 Å². The van der Waals surface area contributed by atoms with Gasteiger partial charge in [-0.15, -0.1) is 0 Å². The van der Waals surface area contributed by atoms with Crippen LogP contribution in [-0.2, 0) is 19.1 Å². The zero-order valence-electron chi connectivity index (χ0n) is 11.8. The number of fused-ring (bicyclic) bond motifs is 5. The molecule has 4 rings (SSSR count). The third kappa shape index (κ3) is 1.61. The van der Waals surface area contributed by atoms with Gasteiger partial charge in [-0.2, -0.15) is 0 Å². The molecule has 2 bridgehead atoms. The Labute approximate surface area is 126 Å². The maximum absolute atomic E-state index is 12.6. The van der Waals surface area contributed by atoms with Gasteiger partial charge in [-0.3, -0.25) is 9.59 Å². The summed E-state index contributed by atoms with van der Waals surface area (Å²) >= 11 is 0. The number of amides is 2. The summed E-state index contributed by atoms with van der Waals surface area (Å²) in [5, 5.41) is 0. The van der Waals surface area contributed by atoms with Crippen molar-refractivity contribution in [2.45, 2.75) is 12.2 Å². The second-order valence-electron chi connectivity index (χ2n) is 5.55. The fraction of sp³-hybridized carbons (Fsp3) is 0.312. The van der Waals surface area contributed by atoms with E-state index in [1.165, 1.54) is 12.0 Å². The van der Waals surface area contributed by atoms with Gasteiger partial charge in [0.05, 0.1) is 42.4 Å². The predicted molar refractivity (Wildman–Crippen MR) is 75.1 cm³/mol. The van der Waals surface area contributed by atoms with Gasteiger partial charge in [0.25, 0.3) is 0 Å². The van der Waals surface area contributed by atoms with E-state index in [1.807, 2.05) is 12.2 Å². The molecule has 0 aliphatic carbocycles. The van der Waals surface area contributed by atoms with Gasteiger partial charge in [0, 0.05) is 0 Å². The molecule has 0 unspecified atom stereocenters. The summed E-state index contributed by atoms with van der Waals surface area (Å²) < 4.78 is 10.2. The van der Waals surface area contributed by atoms with E-state index in [0.717, 1.165) is 0 Å². The Kier molecular flexibility index (Phi) is 2.71. The van der Waals surface area contributed by atoms with Crippen LogP contribution in [0.15, 0.2) is 36.4 Å². The first-order valence-electron chi connectivity index (χ1n) is 7.02. The summed E-state index contributed by atoms with van der Waals surface area (Å²) in [4.78, 5) is 37.8. The Morgan fingerprint density at radius 3 is 2.09 bits per heavy atom. The van der Waals surface area contributed by atoms with E-state index in [2.05, 4.69) is 4.74 Å². The van der Waals surface area contributed by atoms with Crippen LogP contribution in [0.1, 0.15) is 10.4 Å². The Balaban J connectivity index is 1.65. The highest BCUT2D eigenvalue weighted by atomic mass is 16.5. The number of benzene rings is 1. The van der Waals surface area contributed by atoms with Crippen LogP contribution in [-0.4, -0.2) is 37.1 Å². The number of carbonyl (C=O) groups is 3. The van der Waals surface area contributed by atoms with E-state index in [1.54, 1.807) is 24.3 Å². The van der Waals surface area contributed by atoms with Crippen LogP contribution < -0.4 is 4.90 Å². The fourth-order valence-corrected chi connectivity index (χ4v) is 3.42. The van der Waals surface area contributed by atoms with Crippen molar-refractivity contribution in [2.24, 2.45) is 11.8 Å². The van der Waals surface area contributed by atoms with E-state index < -0.39 is 17.8 Å². The molecule has 0 aromatic heterocycles. The molecule has 6 nitrogen and oxygen atoms in total. The molecule has 1 aromatic carbocycles. The molecular formula is C16H13NO5. The lowest BCUT2D eigenvalue weighted by Crippen LogP contribution is -2.34. The highest BCUT2D eigenvalue weighted by Gasteiger charge is 2.60. The number of anilines is 1. The molecule has 3 aliphatic rings. The molecule has 1 aromatic rings. The van der Waals surface area contributed by atoms with Crippen molar-refractivity contribution >= 4 is 23.5 Å². The van der Waals surface area contributed by atoms with Gasteiger partial charge < -0.3 is 9.47 Å². The van der Waals surface area contributed by atoms with Crippen LogP contribution >= 0.6 is 0 Å². The summed E-state index contributed by atoms with van der Waals surface area (Å²) in [6.45, 7) is 0. The predicted octanol–water partition coefficient (Wildman–Crippen LogP) is 0.916. The molecule has 0 radical (unpaired) electrons. The van der Waals surface area contributed by atoms with E-state index in [9.17, 15) is 14.4 Å². The van der Waals surface area contributed by atoms with Crippen molar-refractivity contribution in [1.29, 1.82) is 0 Å². The average Bonchev–Trinajstić information content (AvgIpc) is 3.21. The summed E-state index contributed by atoms with van der Waals surface area (Å²) in [5.74, 6) is -1.79. The zero-order chi connectivity index (χ0) is 15.4. The third-order valence-electron chi connectivity index (χ3n) is 4.46. The second kappa shape index (κ2) is 4.51. The van der Waals surface area contributed by atoms with E-state index in [0.29, 0.717) is 11.3 Å². The number of hydrogen-bond acceptors (Lipinski definition) is 5. The maximum atomic E-state index is 12.6. The highest BCUT2D eigenvalue weighted by Crippen LogP contribution is 2.46. The molecule has 2 amide bonds. The van der Waals surface area contributed by atoms with Gasteiger partial charge in [-0.05, 0) is 24.3 Å². The average molecular weight is 299 g/mol. The summed E-state index contributed by atoms with van der Waals surface area (Å²) in [6, 6.07) is 6.25. The van der Waals surface area contributed by atoms with Crippen LogP contribution in [0.4, 0.5) is 5.69 Å². The minimum atomic E-state index is -0.460.